The fraction of sp³-hybridized carbons (Fsp3) is 0.923. The molecule has 2 saturated heterocycles. The average molecular weight is 484 g/mol. The lowest BCUT2D eigenvalue weighted by atomic mass is 9.78. The summed E-state index contributed by atoms with van der Waals surface area (Å²) in [4.78, 5) is 27.6. The van der Waals surface area contributed by atoms with Crippen LogP contribution in [-0.2, 0) is 9.59 Å². The van der Waals surface area contributed by atoms with Crippen LogP contribution in [0.5, 0.6) is 0 Å². The van der Waals surface area contributed by atoms with E-state index in [0.717, 1.165) is 77.3 Å². The molecule has 0 aromatic rings. The number of carbonyl (C=O) groups is 2. The monoisotopic (exact) mass is 483 g/mol. The van der Waals surface area contributed by atoms with Crippen molar-refractivity contribution >= 4 is 12.8 Å². The van der Waals surface area contributed by atoms with E-state index in [9.17, 15) is 14.8 Å². The Morgan fingerprint density at radius 2 is 1.03 bits per heavy atom. The molecule has 8 heteroatoms. The standard InChI is InChI=1S/C26H50N4O4/c1-23(2)15-21(16-24(3,4)29(23)33)27(19-31)13-11-9-10-12-14-28(20-32)22-17-25(5,6)30(34)26(7,8)18-22/h19-22,33-34H,9-18H2,1-8H3/p+1. The SMILES string of the molecule is CC1(C)CC(N(C=O)CCCCCCN(C=O)C2CC(C)(C)N([OH2+])C(C)(C)C2)CC(C)(C)N1O. The highest BCUT2D eigenvalue weighted by Gasteiger charge is 2.50. The Labute approximate surface area is 207 Å². The lowest BCUT2D eigenvalue weighted by molar-refractivity contribution is -0.251. The molecule has 0 radical (unpaired) electrons. The second-order valence-electron chi connectivity index (χ2n) is 13.1. The van der Waals surface area contributed by atoms with Gasteiger partial charge in [0.1, 0.15) is 0 Å². The van der Waals surface area contributed by atoms with Crippen LogP contribution in [0.15, 0.2) is 0 Å². The summed E-state index contributed by atoms with van der Waals surface area (Å²) >= 11 is 0. The minimum absolute atomic E-state index is 0.131. The number of hydroxylamine groups is 4. The average Bonchev–Trinajstić information content (AvgIpc) is 2.71. The predicted octanol–water partition coefficient (Wildman–Crippen LogP) is 3.54. The van der Waals surface area contributed by atoms with Gasteiger partial charge in [0.15, 0.2) is 0 Å². The topological polar surface area (TPSA) is 90.2 Å². The third kappa shape index (κ3) is 6.71. The summed E-state index contributed by atoms with van der Waals surface area (Å²) in [6.07, 6.45) is 9.02. The Bertz CT molecular complexity index is 600. The summed E-state index contributed by atoms with van der Waals surface area (Å²) < 4.78 is 0. The van der Waals surface area contributed by atoms with E-state index in [0.29, 0.717) is 0 Å². The highest BCUT2D eigenvalue weighted by Crippen LogP contribution is 2.39. The third-order valence-electron chi connectivity index (χ3n) is 8.09. The van der Waals surface area contributed by atoms with Crippen LogP contribution in [0.3, 0.4) is 0 Å². The first-order valence-electron chi connectivity index (χ1n) is 13.0. The molecule has 2 aliphatic heterocycles. The molecule has 2 fully saturated rings. The van der Waals surface area contributed by atoms with E-state index in [-0.39, 0.29) is 34.2 Å². The number of amides is 2. The molecular formula is C26H51N4O4+. The summed E-state index contributed by atoms with van der Waals surface area (Å²) in [6.45, 7) is 17.9. The maximum atomic E-state index is 11.9. The smallest absolute Gasteiger partial charge is 0.209 e. The summed E-state index contributed by atoms with van der Waals surface area (Å²) in [7, 11) is 0. The van der Waals surface area contributed by atoms with Gasteiger partial charge in [-0.25, -0.2) is 0 Å². The van der Waals surface area contributed by atoms with Crippen LogP contribution in [0.2, 0.25) is 0 Å². The van der Waals surface area contributed by atoms with Gasteiger partial charge in [-0.1, -0.05) is 17.9 Å². The predicted molar refractivity (Wildman–Crippen MR) is 135 cm³/mol. The molecule has 2 rings (SSSR count). The molecule has 8 nitrogen and oxygen atoms in total. The summed E-state index contributed by atoms with van der Waals surface area (Å²) in [6, 6.07) is 0.296. The molecule has 3 N–H and O–H groups in total. The molecule has 0 spiro atoms. The number of piperidine rings is 2. The highest BCUT2D eigenvalue weighted by atomic mass is 16.5. The van der Waals surface area contributed by atoms with E-state index < -0.39 is 0 Å². The Balaban J connectivity index is 1.79. The first-order valence-corrected chi connectivity index (χ1v) is 13.0. The molecule has 0 aromatic carbocycles. The van der Waals surface area contributed by atoms with E-state index in [1.54, 1.807) is 5.06 Å². The number of rotatable bonds is 11. The van der Waals surface area contributed by atoms with Gasteiger partial charge in [-0.3, -0.25) is 9.59 Å². The lowest BCUT2D eigenvalue weighted by Crippen LogP contribution is -2.62. The normalized spacial score (nSPS) is 25.1. The molecule has 0 unspecified atom stereocenters. The minimum atomic E-state index is -0.370. The zero-order valence-corrected chi connectivity index (χ0v) is 22.9. The van der Waals surface area contributed by atoms with Crippen molar-refractivity contribution < 1.29 is 20.0 Å². The van der Waals surface area contributed by atoms with Crippen LogP contribution in [0, 0.1) is 0 Å². The first kappa shape index (κ1) is 29.0. The molecule has 2 amide bonds. The van der Waals surface area contributed by atoms with Gasteiger partial charge in [-0.15, -0.1) is 0 Å². The first-order chi connectivity index (χ1) is 15.6. The van der Waals surface area contributed by atoms with Gasteiger partial charge in [0, 0.05) is 36.3 Å². The molecular weight excluding hydrogens is 432 g/mol. The van der Waals surface area contributed by atoms with E-state index in [1.165, 1.54) is 5.06 Å². The van der Waals surface area contributed by atoms with Gasteiger partial charge in [-0.2, -0.15) is 5.06 Å². The van der Waals surface area contributed by atoms with Crippen LogP contribution >= 0.6 is 0 Å². The molecule has 0 aliphatic carbocycles. The summed E-state index contributed by atoms with van der Waals surface area (Å²) in [5.41, 5.74) is -1.26. The van der Waals surface area contributed by atoms with Crippen LogP contribution < -0.4 is 0 Å². The second-order valence-corrected chi connectivity index (χ2v) is 13.1. The fourth-order valence-electron chi connectivity index (χ4n) is 6.50. The van der Waals surface area contributed by atoms with Gasteiger partial charge < -0.3 is 20.2 Å². The Morgan fingerprint density at radius 1 is 0.706 bits per heavy atom. The number of unbranched alkanes of at least 4 members (excludes halogenated alkanes) is 3. The largest absolute Gasteiger partial charge is 0.342 e. The van der Waals surface area contributed by atoms with Crippen molar-refractivity contribution in [1.82, 2.24) is 19.9 Å². The van der Waals surface area contributed by atoms with Gasteiger partial charge in [-0.05, 0) is 93.9 Å². The molecule has 0 aromatic heterocycles. The summed E-state index contributed by atoms with van der Waals surface area (Å²) in [5, 5.41) is 22.1. The third-order valence-corrected chi connectivity index (χ3v) is 8.09. The van der Waals surface area contributed by atoms with Crippen molar-refractivity contribution in [2.45, 2.75) is 141 Å². The van der Waals surface area contributed by atoms with E-state index in [2.05, 4.69) is 27.7 Å². The van der Waals surface area contributed by atoms with Crippen LogP contribution in [0.25, 0.3) is 0 Å². The van der Waals surface area contributed by atoms with E-state index >= 15 is 0 Å². The minimum Gasteiger partial charge on any atom is -0.342 e. The van der Waals surface area contributed by atoms with Crippen LogP contribution in [0.4, 0.5) is 0 Å². The van der Waals surface area contributed by atoms with Gasteiger partial charge in [0.25, 0.3) is 0 Å². The quantitative estimate of drug-likeness (QED) is 0.276. The maximum absolute atomic E-state index is 11.9. The van der Waals surface area contributed by atoms with Crippen molar-refractivity contribution in [2.75, 3.05) is 13.1 Å². The molecule has 0 bridgehead atoms. The van der Waals surface area contributed by atoms with Crippen molar-refractivity contribution in [3.8, 4) is 0 Å². The second kappa shape index (κ2) is 10.8. The van der Waals surface area contributed by atoms with Gasteiger partial charge in [0.2, 0.25) is 12.8 Å². The van der Waals surface area contributed by atoms with Crippen molar-refractivity contribution in [3.05, 3.63) is 0 Å². The molecule has 0 saturated carbocycles. The van der Waals surface area contributed by atoms with Gasteiger partial charge in [0.05, 0.1) is 11.1 Å². The van der Waals surface area contributed by atoms with Crippen molar-refractivity contribution in [2.24, 2.45) is 0 Å². The van der Waals surface area contributed by atoms with Crippen molar-refractivity contribution in [3.63, 3.8) is 0 Å². The molecule has 34 heavy (non-hydrogen) atoms. The van der Waals surface area contributed by atoms with Crippen LogP contribution in [0.1, 0.15) is 107 Å². The van der Waals surface area contributed by atoms with E-state index in [1.807, 2.05) is 37.5 Å². The van der Waals surface area contributed by atoms with E-state index in [4.69, 9.17) is 5.21 Å². The Morgan fingerprint density at radius 3 is 1.35 bits per heavy atom. The zero-order valence-electron chi connectivity index (χ0n) is 22.9. The van der Waals surface area contributed by atoms with Gasteiger partial charge >= 0.3 is 0 Å². The zero-order chi connectivity index (χ0) is 25.9. The Hall–Kier alpha value is -1.22. The molecule has 0 atom stereocenters. The Kier molecular flexibility index (Phi) is 9.22. The lowest BCUT2D eigenvalue weighted by Gasteiger charge is -2.53. The number of hydrogen-bond donors (Lipinski definition) is 1. The molecule has 198 valence electrons. The molecule has 2 heterocycles. The number of carbonyl (C=O) groups excluding carboxylic acids is 2. The molecule has 2 aliphatic rings. The number of hydrogen-bond acceptors (Lipinski definition) is 5. The highest BCUT2D eigenvalue weighted by molar-refractivity contribution is 5.48. The number of nitrogens with zero attached hydrogens (tertiary/aromatic N) is 4. The summed E-state index contributed by atoms with van der Waals surface area (Å²) in [5.74, 6) is 0. The van der Waals surface area contributed by atoms with Crippen LogP contribution in [-0.4, -0.2) is 90.5 Å². The fourth-order valence-corrected chi connectivity index (χ4v) is 6.50. The van der Waals surface area contributed by atoms with Crippen molar-refractivity contribution in [1.29, 1.82) is 0 Å². The maximum Gasteiger partial charge on any atom is 0.209 e.